The van der Waals surface area contributed by atoms with E-state index in [2.05, 4.69) is 32.7 Å². The molecule has 0 saturated heterocycles. The molecule has 0 spiro atoms. The van der Waals surface area contributed by atoms with Crippen molar-refractivity contribution >= 4 is 0 Å². The average Bonchev–Trinajstić information content (AvgIpc) is 2.50. The van der Waals surface area contributed by atoms with Crippen LogP contribution in [0.4, 0.5) is 0 Å². The molecule has 0 bridgehead atoms. The molecule has 0 aliphatic heterocycles. The van der Waals surface area contributed by atoms with Gasteiger partial charge in [0.1, 0.15) is 0 Å². The van der Waals surface area contributed by atoms with Crippen LogP contribution in [0.2, 0.25) is 0 Å². The summed E-state index contributed by atoms with van der Waals surface area (Å²) in [4.78, 5) is 2.54. The summed E-state index contributed by atoms with van der Waals surface area (Å²) >= 11 is 0. The molecule has 0 N–H and O–H groups in total. The Balaban J connectivity index is 2.35. The van der Waals surface area contributed by atoms with Crippen molar-refractivity contribution in [2.24, 2.45) is 5.92 Å². The molecule has 0 aromatic heterocycles. The van der Waals surface area contributed by atoms with Crippen LogP contribution in [-0.4, -0.2) is 24.0 Å². The highest BCUT2D eigenvalue weighted by atomic mass is 15.2. The Morgan fingerprint density at radius 3 is 2.42 bits per heavy atom. The Labute approximate surface area is 77.1 Å². The molecule has 1 nitrogen and oxygen atoms in total. The molecule has 2 atom stereocenters. The van der Waals surface area contributed by atoms with Gasteiger partial charge in [0.05, 0.1) is 0 Å². The van der Waals surface area contributed by atoms with Crippen LogP contribution < -0.4 is 0 Å². The van der Waals surface area contributed by atoms with Gasteiger partial charge in [-0.3, -0.25) is 0 Å². The van der Waals surface area contributed by atoms with Gasteiger partial charge in [-0.1, -0.05) is 13.3 Å². The molecule has 1 heteroatoms. The first-order valence-corrected chi connectivity index (χ1v) is 5.37. The zero-order valence-corrected chi connectivity index (χ0v) is 9.01. The second kappa shape index (κ2) is 4.27. The lowest BCUT2D eigenvalue weighted by atomic mass is 10.1. The molecule has 1 aliphatic rings. The van der Waals surface area contributed by atoms with Crippen LogP contribution in [-0.2, 0) is 0 Å². The van der Waals surface area contributed by atoms with Crippen LogP contribution >= 0.6 is 0 Å². The Hall–Kier alpha value is -0.0400. The largest absolute Gasteiger partial charge is 0.301 e. The quantitative estimate of drug-likeness (QED) is 0.628. The Bertz CT molecular complexity index is 131. The number of hydrogen-bond acceptors (Lipinski definition) is 1. The number of hydrogen-bond donors (Lipinski definition) is 0. The molecule has 0 aromatic rings. The zero-order valence-electron chi connectivity index (χ0n) is 9.01. The summed E-state index contributed by atoms with van der Waals surface area (Å²) in [6, 6.07) is 1.58. The minimum atomic E-state index is 0.714. The fourth-order valence-electron chi connectivity index (χ4n) is 2.21. The molecule has 0 aromatic carbocycles. The van der Waals surface area contributed by atoms with E-state index in [4.69, 9.17) is 0 Å². The summed E-state index contributed by atoms with van der Waals surface area (Å²) in [7, 11) is 2.27. The van der Waals surface area contributed by atoms with E-state index in [-0.39, 0.29) is 0 Å². The van der Waals surface area contributed by atoms with Crippen LogP contribution in [0.15, 0.2) is 0 Å². The first-order valence-electron chi connectivity index (χ1n) is 5.37. The molecular formula is C11H23N. The second-order valence-corrected chi connectivity index (χ2v) is 4.50. The van der Waals surface area contributed by atoms with E-state index < -0.39 is 0 Å². The first-order chi connectivity index (χ1) is 5.65. The summed E-state index contributed by atoms with van der Waals surface area (Å²) < 4.78 is 0. The summed E-state index contributed by atoms with van der Waals surface area (Å²) in [6.45, 7) is 6.90. The molecule has 0 amide bonds. The maximum atomic E-state index is 2.54. The summed E-state index contributed by atoms with van der Waals surface area (Å²) in [5.74, 6) is 1.01. The Morgan fingerprint density at radius 2 is 2.00 bits per heavy atom. The topological polar surface area (TPSA) is 3.24 Å². The Morgan fingerprint density at radius 1 is 1.33 bits per heavy atom. The lowest BCUT2D eigenvalue weighted by Crippen LogP contribution is -2.35. The lowest BCUT2D eigenvalue weighted by molar-refractivity contribution is 0.193. The van der Waals surface area contributed by atoms with Crippen LogP contribution in [0, 0.1) is 5.92 Å². The van der Waals surface area contributed by atoms with E-state index in [0.29, 0.717) is 6.04 Å². The molecular weight excluding hydrogens is 146 g/mol. The predicted molar refractivity (Wildman–Crippen MR) is 54.3 cm³/mol. The maximum absolute atomic E-state index is 2.54. The highest BCUT2D eigenvalue weighted by molar-refractivity contribution is 4.82. The molecule has 0 heterocycles. The van der Waals surface area contributed by atoms with Gasteiger partial charge in [0, 0.05) is 12.1 Å². The van der Waals surface area contributed by atoms with E-state index in [1.54, 1.807) is 0 Å². The Kier molecular flexibility index (Phi) is 3.57. The lowest BCUT2D eigenvalue weighted by Gasteiger charge is -2.28. The van der Waals surface area contributed by atoms with E-state index in [0.717, 1.165) is 12.0 Å². The molecule has 1 unspecified atom stereocenters. The van der Waals surface area contributed by atoms with Crippen molar-refractivity contribution in [1.82, 2.24) is 4.90 Å². The molecule has 0 radical (unpaired) electrons. The van der Waals surface area contributed by atoms with Gasteiger partial charge in [-0.05, 0) is 46.1 Å². The third kappa shape index (κ3) is 2.22. The minimum absolute atomic E-state index is 0.714. The van der Waals surface area contributed by atoms with Gasteiger partial charge in [0.25, 0.3) is 0 Å². The molecule has 1 rings (SSSR count). The van der Waals surface area contributed by atoms with Gasteiger partial charge < -0.3 is 4.90 Å². The maximum Gasteiger partial charge on any atom is 0.00976 e. The molecule has 1 aliphatic carbocycles. The third-order valence-corrected chi connectivity index (χ3v) is 3.48. The van der Waals surface area contributed by atoms with E-state index >= 15 is 0 Å². The summed E-state index contributed by atoms with van der Waals surface area (Å²) in [6.07, 6.45) is 5.69. The highest BCUT2D eigenvalue weighted by Crippen LogP contribution is 2.31. The summed E-state index contributed by atoms with van der Waals surface area (Å²) in [5, 5.41) is 0. The molecule has 1 saturated carbocycles. The van der Waals surface area contributed by atoms with Gasteiger partial charge in [0.15, 0.2) is 0 Å². The SMILES string of the molecule is CCC1CC[C@@H](N(C)C(C)C)C1. The third-order valence-electron chi connectivity index (χ3n) is 3.48. The minimum Gasteiger partial charge on any atom is -0.301 e. The van der Waals surface area contributed by atoms with Crippen LogP contribution in [0.3, 0.4) is 0 Å². The van der Waals surface area contributed by atoms with Gasteiger partial charge >= 0.3 is 0 Å². The van der Waals surface area contributed by atoms with Crippen molar-refractivity contribution < 1.29 is 0 Å². The predicted octanol–water partition coefficient (Wildman–Crippen LogP) is 2.91. The number of nitrogens with zero attached hydrogens (tertiary/aromatic N) is 1. The summed E-state index contributed by atoms with van der Waals surface area (Å²) in [5.41, 5.74) is 0. The fourth-order valence-corrected chi connectivity index (χ4v) is 2.21. The van der Waals surface area contributed by atoms with Crippen molar-refractivity contribution in [3.63, 3.8) is 0 Å². The average molecular weight is 169 g/mol. The van der Waals surface area contributed by atoms with Crippen molar-refractivity contribution in [2.75, 3.05) is 7.05 Å². The van der Waals surface area contributed by atoms with Crippen molar-refractivity contribution in [3.05, 3.63) is 0 Å². The molecule has 1 fully saturated rings. The van der Waals surface area contributed by atoms with E-state index in [1.165, 1.54) is 25.7 Å². The molecule has 72 valence electrons. The van der Waals surface area contributed by atoms with Gasteiger partial charge in [-0.2, -0.15) is 0 Å². The van der Waals surface area contributed by atoms with E-state index in [1.807, 2.05) is 0 Å². The standard InChI is InChI=1S/C11H23N/c1-5-10-6-7-11(8-10)12(4)9(2)3/h9-11H,5-8H2,1-4H3/t10?,11-/m1/s1. The van der Waals surface area contributed by atoms with Gasteiger partial charge in [-0.25, -0.2) is 0 Å². The second-order valence-electron chi connectivity index (χ2n) is 4.50. The zero-order chi connectivity index (χ0) is 9.14. The van der Waals surface area contributed by atoms with Crippen molar-refractivity contribution in [1.29, 1.82) is 0 Å². The van der Waals surface area contributed by atoms with Crippen LogP contribution in [0.5, 0.6) is 0 Å². The monoisotopic (exact) mass is 169 g/mol. The van der Waals surface area contributed by atoms with Crippen LogP contribution in [0.25, 0.3) is 0 Å². The smallest absolute Gasteiger partial charge is 0.00976 e. The fraction of sp³-hybridized carbons (Fsp3) is 1.00. The van der Waals surface area contributed by atoms with Gasteiger partial charge in [-0.15, -0.1) is 0 Å². The van der Waals surface area contributed by atoms with E-state index in [9.17, 15) is 0 Å². The number of rotatable bonds is 3. The van der Waals surface area contributed by atoms with Crippen molar-refractivity contribution in [2.45, 2.75) is 58.5 Å². The van der Waals surface area contributed by atoms with Gasteiger partial charge in [0.2, 0.25) is 0 Å². The molecule has 12 heavy (non-hydrogen) atoms. The van der Waals surface area contributed by atoms with Crippen LogP contribution in [0.1, 0.15) is 46.5 Å². The van der Waals surface area contributed by atoms with Crippen molar-refractivity contribution in [3.8, 4) is 0 Å². The highest BCUT2D eigenvalue weighted by Gasteiger charge is 2.27. The normalized spacial score (nSPS) is 30.5. The first kappa shape index (κ1) is 10.0.